The summed E-state index contributed by atoms with van der Waals surface area (Å²) in [5.41, 5.74) is 2.99. The maximum Gasteiger partial charge on any atom is 0.351 e. The SMILES string of the molecule is COC(=O)C(Oc1ccc(-c2ccccc2)cc1)c1ccccc1. The third-order valence-corrected chi connectivity index (χ3v) is 3.73. The van der Waals surface area contributed by atoms with E-state index in [1.807, 2.05) is 72.8 Å². The molecule has 0 radical (unpaired) electrons. The van der Waals surface area contributed by atoms with Crippen LogP contribution in [0.2, 0.25) is 0 Å². The van der Waals surface area contributed by atoms with Gasteiger partial charge in [0.15, 0.2) is 0 Å². The van der Waals surface area contributed by atoms with E-state index in [-0.39, 0.29) is 0 Å². The van der Waals surface area contributed by atoms with E-state index in [0.717, 1.165) is 16.7 Å². The van der Waals surface area contributed by atoms with E-state index in [0.29, 0.717) is 5.75 Å². The second kappa shape index (κ2) is 7.47. The van der Waals surface area contributed by atoms with Crippen LogP contribution in [0.3, 0.4) is 0 Å². The lowest BCUT2D eigenvalue weighted by atomic mass is 10.1. The Kier molecular flexibility index (Phi) is 4.92. The lowest BCUT2D eigenvalue weighted by Crippen LogP contribution is -2.20. The molecule has 3 aromatic rings. The standard InChI is InChI=1S/C21H18O3/c1-23-21(22)20(18-10-6-3-7-11-18)24-19-14-12-17(13-15-19)16-8-4-2-5-9-16/h2-15,20H,1H3. The Morgan fingerprint density at radius 1 is 0.750 bits per heavy atom. The monoisotopic (exact) mass is 318 g/mol. The first-order valence-corrected chi connectivity index (χ1v) is 7.73. The van der Waals surface area contributed by atoms with Gasteiger partial charge >= 0.3 is 5.97 Å². The number of hydrogen-bond acceptors (Lipinski definition) is 3. The van der Waals surface area contributed by atoms with Crippen LogP contribution in [0.25, 0.3) is 11.1 Å². The second-order valence-corrected chi connectivity index (χ2v) is 5.32. The average Bonchev–Trinajstić information content (AvgIpc) is 2.67. The summed E-state index contributed by atoms with van der Waals surface area (Å²) in [7, 11) is 1.36. The first-order chi connectivity index (χ1) is 11.8. The van der Waals surface area contributed by atoms with E-state index in [9.17, 15) is 4.79 Å². The molecular formula is C21H18O3. The van der Waals surface area contributed by atoms with Gasteiger partial charge in [-0.2, -0.15) is 0 Å². The Balaban J connectivity index is 1.82. The van der Waals surface area contributed by atoms with Gasteiger partial charge in [0.2, 0.25) is 6.10 Å². The van der Waals surface area contributed by atoms with E-state index in [4.69, 9.17) is 9.47 Å². The first-order valence-electron chi connectivity index (χ1n) is 7.73. The highest BCUT2D eigenvalue weighted by Gasteiger charge is 2.23. The van der Waals surface area contributed by atoms with Gasteiger partial charge in [0.1, 0.15) is 5.75 Å². The first kappa shape index (κ1) is 15.8. The number of ether oxygens (including phenoxy) is 2. The number of rotatable bonds is 5. The predicted octanol–water partition coefficient (Wildman–Crippen LogP) is 4.65. The van der Waals surface area contributed by atoms with Crippen LogP contribution in [0, 0.1) is 0 Å². The van der Waals surface area contributed by atoms with E-state index in [2.05, 4.69) is 12.1 Å². The Hall–Kier alpha value is -3.07. The molecule has 1 atom stereocenters. The Morgan fingerprint density at radius 3 is 1.88 bits per heavy atom. The molecule has 0 heterocycles. The van der Waals surface area contributed by atoms with Crippen LogP contribution in [0.5, 0.6) is 5.75 Å². The van der Waals surface area contributed by atoms with Crippen molar-refractivity contribution < 1.29 is 14.3 Å². The summed E-state index contributed by atoms with van der Waals surface area (Å²) in [4.78, 5) is 12.1. The fraction of sp³-hybridized carbons (Fsp3) is 0.0952. The highest BCUT2D eigenvalue weighted by atomic mass is 16.6. The topological polar surface area (TPSA) is 35.5 Å². The molecule has 3 rings (SSSR count). The molecule has 0 fully saturated rings. The molecule has 0 saturated carbocycles. The van der Waals surface area contributed by atoms with Gasteiger partial charge in [-0.25, -0.2) is 4.79 Å². The molecule has 24 heavy (non-hydrogen) atoms. The molecule has 0 N–H and O–H groups in total. The second-order valence-electron chi connectivity index (χ2n) is 5.32. The summed E-state index contributed by atoms with van der Waals surface area (Å²) < 4.78 is 10.7. The molecule has 0 aromatic heterocycles. The van der Waals surface area contributed by atoms with Crippen molar-refractivity contribution in [1.82, 2.24) is 0 Å². The lowest BCUT2D eigenvalue weighted by Gasteiger charge is -2.17. The summed E-state index contributed by atoms with van der Waals surface area (Å²) >= 11 is 0. The van der Waals surface area contributed by atoms with Crippen LogP contribution in [0.4, 0.5) is 0 Å². The number of carbonyl (C=O) groups excluding carboxylic acids is 1. The zero-order chi connectivity index (χ0) is 16.8. The summed E-state index contributed by atoms with van der Waals surface area (Å²) in [5.74, 6) is 0.197. The van der Waals surface area contributed by atoms with Gasteiger partial charge in [-0.1, -0.05) is 72.8 Å². The number of carbonyl (C=O) groups is 1. The minimum absolute atomic E-state index is 0.423. The van der Waals surface area contributed by atoms with Crippen LogP contribution in [-0.4, -0.2) is 13.1 Å². The van der Waals surface area contributed by atoms with Gasteiger partial charge in [-0.3, -0.25) is 0 Å². The molecule has 3 heteroatoms. The van der Waals surface area contributed by atoms with Crippen molar-refractivity contribution in [3.63, 3.8) is 0 Å². The van der Waals surface area contributed by atoms with E-state index < -0.39 is 12.1 Å². The number of hydrogen-bond donors (Lipinski definition) is 0. The highest BCUT2D eigenvalue weighted by molar-refractivity contribution is 5.77. The normalized spacial score (nSPS) is 11.5. The number of methoxy groups -OCH3 is 1. The zero-order valence-corrected chi connectivity index (χ0v) is 13.4. The summed E-state index contributed by atoms with van der Waals surface area (Å²) in [6.45, 7) is 0. The van der Waals surface area contributed by atoms with Gasteiger partial charge in [0.05, 0.1) is 7.11 Å². The molecule has 0 aliphatic rings. The molecule has 3 aromatic carbocycles. The smallest absolute Gasteiger partial charge is 0.351 e. The molecule has 120 valence electrons. The largest absolute Gasteiger partial charge is 0.474 e. The fourth-order valence-corrected chi connectivity index (χ4v) is 2.48. The minimum Gasteiger partial charge on any atom is -0.474 e. The quantitative estimate of drug-likeness (QED) is 0.643. The van der Waals surface area contributed by atoms with Crippen molar-refractivity contribution in [3.8, 4) is 16.9 Å². The van der Waals surface area contributed by atoms with E-state index >= 15 is 0 Å². The molecule has 0 aliphatic heterocycles. The maximum absolute atomic E-state index is 12.1. The number of benzene rings is 3. The van der Waals surface area contributed by atoms with Crippen molar-refractivity contribution in [3.05, 3.63) is 90.5 Å². The van der Waals surface area contributed by atoms with Crippen LogP contribution in [-0.2, 0) is 9.53 Å². The minimum atomic E-state index is -0.779. The van der Waals surface area contributed by atoms with Crippen LogP contribution < -0.4 is 4.74 Å². The Labute approximate surface area is 141 Å². The molecule has 3 nitrogen and oxygen atoms in total. The highest BCUT2D eigenvalue weighted by Crippen LogP contribution is 2.26. The van der Waals surface area contributed by atoms with Gasteiger partial charge in [0, 0.05) is 5.56 Å². The molecular weight excluding hydrogens is 300 g/mol. The molecule has 0 amide bonds. The van der Waals surface area contributed by atoms with Crippen molar-refractivity contribution in [2.75, 3.05) is 7.11 Å². The Bertz CT molecular complexity index is 780. The van der Waals surface area contributed by atoms with Crippen LogP contribution in [0.1, 0.15) is 11.7 Å². The average molecular weight is 318 g/mol. The van der Waals surface area contributed by atoms with Crippen LogP contribution >= 0.6 is 0 Å². The van der Waals surface area contributed by atoms with Crippen molar-refractivity contribution in [1.29, 1.82) is 0 Å². The third-order valence-electron chi connectivity index (χ3n) is 3.73. The third kappa shape index (κ3) is 3.63. The van der Waals surface area contributed by atoms with E-state index in [1.165, 1.54) is 7.11 Å². The van der Waals surface area contributed by atoms with Crippen molar-refractivity contribution >= 4 is 5.97 Å². The predicted molar refractivity (Wildman–Crippen MR) is 93.7 cm³/mol. The Morgan fingerprint density at radius 2 is 1.29 bits per heavy atom. The van der Waals surface area contributed by atoms with Crippen molar-refractivity contribution in [2.24, 2.45) is 0 Å². The molecule has 0 spiro atoms. The molecule has 0 saturated heterocycles. The summed E-state index contributed by atoms with van der Waals surface area (Å²) in [6.07, 6.45) is -0.779. The molecule has 0 bridgehead atoms. The van der Waals surface area contributed by atoms with Crippen LogP contribution in [0.15, 0.2) is 84.9 Å². The molecule has 1 unspecified atom stereocenters. The van der Waals surface area contributed by atoms with Gasteiger partial charge < -0.3 is 9.47 Å². The maximum atomic E-state index is 12.1. The summed E-state index contributed by atoms with van der Waals surface area (Å²) in [6, 6.07) is 27.1. The lowest BCUT2D eigenvalue weighted by molar-refractivity contribution is -0.149. The zero-order valence-electron chi connectivity index (χ0n) is 13.4. The molecule has 0 aliphatic carbocycles. The fourth-order valence-electron chi connectivity index (χ4n) is 2.48. The van der Waals surface area contributed by atoms with E-state index in [1.54, 1.807) is 0 Å². The summed E-state index contributed by atoms with van der Waals surface area (Å²) in [5, 5.41) is 0. The van der Waals surface area contributed by atoms with Crippen molar-refractivity contribution in [2.45, 2.75) is 6.10 Å². The van der Waals surface area contributed by atoms with Gasteiger partial charge in [-0.15, -0.1) is 0 Å². The number of esters is 1. The van der Waals surface area contributed by atoms with Gasteiger partial charge in [0.25, 0.3) is 0 Å². The van der Waals surface area contributed by atoms with Gasteiger partial charge in [-0.05, 0) is 23.3 Å².